The topological polar surface area (TPSA) is 64.6 Å². The highest BCUT2D eigenvalue weighted by atomic mass is 16.3. The van der Waals surface area contributed by atoms with Gasteiger partial charge in [-0.1, -0.05) is 13.8 Å². The molecule has 0 saturated carbocycles. The maximum atomic E-state index is 11.9. The van der Waals surface area contributed by atoms with Crippen LogP contribution in [0.5, 0.6) is 0 Å². The van der Waals surface area contributed by atoms with Gasteiger partial charge in [-0.05, 0) is 43.5 Å². The first-order valence-corrected chi connectivity index (χ1v) is 7.18. The second-order valence-corrected chi connectivity index (χ2v) is 6.22. The Morgan fingerprint density at radius 3 is 2.48 bits per heavy atom. The van der Waals surface area contributed by atoms with Crippen molar-refractivity contribution in [1.82, 2.24) is 5.32 Å². The quantitative estimate of drug-likeness (QED) is 0.782. The Balaban J connectivity index is 2.62. The van der Waals surface area contributed by atoms with Crippen molar-refractivity contribution in [1.29, 1.82) is 0 Å². The van der Waals surface area contributed by atoms with E-state index in [1.54, 1.807) is 6.92 Å². The summed E-state index contributed by atoms with van der Waals surface area (Å²) in [6.07, 6.45) is 0. The molecule has 1 aromatic rings. The van der Waals surface area contributed by atoms with Crippen LogP contribution in [0.15, 0.2) is 18.2 Å². The summed E-state index contributed by atoms with van der Waals surface area (Å²) in [5.41, 5.74) is 2.03. The molecule has 1 atom stereocenters. The van der Waals surface area contributed by atoms with Gasteiger partial charge < -0.3 is 20.6 Å². The minimum Gasteiger partial charge on any atom is -0.388 e. The van der Waals surface area contributed by atoms with E-state index in [1.165, 1.54) is 0 Å². The number of aliphatic hydroxyl groups is 1. The number of rotatable bonds is 5. The van der Waals surface area contributed by atoms with Crippen molar-refractivity contribution in [3.63, 3.8) is 0 Å². The number of nitrogens with zero attached hydrogens (tertiary/aromatic N) is 1. The zero-order valence-corrected chi connectivity index (χ0v) is 13.8. The second-order valence-electron chi connectivity index (χ2n) is 6.22. The number of anilines is 2. The van der Waals surface area contributed by atoms with Gasteiger partial charge in [0.2, 0.25) is 0 Å². The van der Waals surface area contributed by atoms with Crippen molar-refractivity contribution < 1.29 is 9.90 Å². The molecule has 1 rings (SSSR count). The minimum absolute atomic E-state index is 0.0689. The SMILES string of the molecule is Cc1cc(NC(=O)NCC(C)(O)C(C)C)ccc1N(C)C. The van der Waals surface area contributed by atoms with E-state index < -0.39 is 5.60 Å². The molecule has 0 aliphatic carbocycles. The number of hydrogen-bond donors (Lipinski definition) is 3. The van der Waals surface area contributed by atoms with Crippen LogP contribution in [0.4, 0.5) is 16.2 Å². The number of carbonyl (C=O) groups excluding carboxylic acids is 1. The smallest absolute Gasteiger partial charge is 0.319 e. The summed E-state index contributed by atoms with van der Waals surface area (Å²) in [6.45, 7) is 7.77. The lowest BCUT2D eigenvalue weighted by Gasteiger charge is -2.27. The van der Waals surface area contributed by atoms with E-state index in [4.69, 9.17) is 0 Å². The lowest BCUT2D eigenvalue weighted by atomic mass is 9.93. The van der Waals surface area contributed by atoms with Gasteiger partial charge in [0.25, 0.3) is 0 Å². The Labute approximate surface area is 127 Å². The first-order valence-electron chi connectivity index (χ1n) is 7.18. The fourth-order valence-corrected chi connectivity index (χ4v) is 1.87. The number of benzene rings is 1. The first-order chi connectivity index (χ1) is 9.63. The lowest BCUT2D eigenvalue weighted by molar-refractivity contribution is 0.0170. The third-order valence-electron chi connectivity index (χ3n) is 3.79. The normalized spacial score (nSPS) is 13.7. The molecule has 0 saturated heterocycles. The largest absolute Gasteiger partial charge is 0.388 e. The number of carbonyl (C=O) groups is 1. The number of amides is 2. The summed E-state index contributed by atoms with van der Waals surface area (Å²) in [5, 5.41) is 15.6. The predicted octanol–water partition coefficient (Wildman–Crippen LogP) is 2.59. The van der Waals surface area contributed by atoms with Gasteiger partial charge in [-0.2, -0.15) is 0 Å². The van der Waals surface area contributed by atoms with Crippen molar-refractivity contribution in [3.8, 4) is 0 Å². The molecule has 0 heterocycles. The fourth-order valence-electron chi connectivity index (χ4n) is 1.87. The number of nitrogens with one attached hydrogen (secondary N) is 2. The molecule has 3 N–H and O–H groups in total. The van der Waals surface area contributed by atoms with Gasteiger partial charge in [0.15, 0.2) is 0 Å². The van der Waals surface area contributed by atoms with Gasteiger partial charge in [-0.25, -0.2) is 4.79 Å². The molecule has 0 aromatic heterocycles. The third kappa shape index (κ3) is 4.93. The molecule has 0 aliphatic heterocycles. The van der Waals surface area contributed by atoms with Crippen LogP contribution in [0, 0.1) is 12.8 Å². The molecule has 2 amide bonds. The summed E-state index contributed by atoms with van der Waals surface area (Å²) in [4.78, 5) is 13.9. The third-order valence-corrected chi connectivity index (χ3v) is 3.79. The van der Waals surface area contributed by atoms with Crippen molar-refractivity contribution in [2.75, 3.05) is 30.9 Å². The van der Waals surface area contributed by atoms with Gasteiger partial charge in [0, 0.05) is 32.0 Å². The van der Waals surface area contributed by atoms with Crippen molar-refractivity contribution in [3.05, 3.63) is 23.8 Å². The molecule has 1 aromatic carbocycles. The van der Waals surface area contributed by atoms with Crippen LogP contribution in [0.2, 0.25) is 0 Å². The molecule has 0 bridgehead atoms. The average Bonchev–Trinajstić information content (AvgIpc) is 2.36. The molecule has 1 unspecified atom stereocenters. The Morgan fingerprint density at radius 2 is 2.00 bits per heavy atom. The highest BCUT2D eigenvalue weighted by Crippen LogP contribution is 2.21. The molecule has 5 heteroatoms. The van der Waals surface area contributed by atoms with Crippen LogP contribution in [-0.2, 0) is 0 Å². The van der Waals surface area contributed by atoms with Gasteiger partial charge in [0.05, 0.1) is 5.60 Å². The highest BCUT2D eigenvalue weighted by molar-refractivity contribution is 5.89. The van der Waals surface area contributed by atoms with E-state index >= 15 is 0 Å². The van der Waals surface area contributed by atoms with Gasteiger partial charge >= 0.3 is 6.03 Å². The predicted molar refractivity (Wildman–Crippen MR) is 88.0 cm³/mol. The maximum Gasteiger partial charge on any atom is 0.319 e. The van der Waals surface area contributed by atoms with Crippen molar-refractivity contribution in [2.45, 2.75) is 33.3 Å². The molecule has 21 heavy (non-hydrogen) atoms. The summed E-state index contributed by atoms with van der Waals surface area (Å²) >= 11 is 0. The zero-order valence-electron chi connectivity index (χ0n) is 13.8. The van der Waals surface area contributed by atoms with Crippen LogP contribution in [-0.4, -0.2) is 37.4 Å². The summed E-state index contributed by atoms with van der Waals surface area (Å²) in [7, 11) is 3.96. The van der Waals surface area contributed by atoms with E-state index in [9.17, 15) is 9.90 Å². The van der Waals surface area contributed by atoms with E-state index in [-0.39, 0.29) is 18.5 Å². The minimum atomic E-state index is -0.915. The Bertz CT molecular complexity index is 496. The molecule has 0 fully saturated rings. The van der Waals surface area contributed by atoms with Crippen LogP contribution >= 0.6 is 0 Å². The first kappa shape index (κ1) is 17.3. The molecule has 118 valence electrons. The average molecular weight is 293 g/mol. The molecule has 0 spiro atoms. The maximum absolute atomic E-state index is 11.9. The van der Waals surface area contributed by atoms with E-state index in [2.05, 4.69) is 10.6 Å². The Hall–Kier alpha value is -1.75. The van der Waals surface area contributed by atoms with Crippen LogP contribution in [0.25, 0.3) is 0 Å². The highest BCUT2D eigenvalue weighted by Gasteiger charge is 2.25. The molecular weight excluding hydrogens is 266 g/mol. The molecule has 5 nitrogen and oxygen atoms in total. The molecule has 0 radical (unpaired) electrons. The standard InChI is InChI=1S/C16H27N3O2/c1-11(2)16(4,21)10-17-15(20)18-13-7-8-14(19(5)6)12(3)9-13/h7-9,11,21H,10H2,1-6H3,(H2,17,18,20). The van der Waals surface area contributed by atoms with E-state index in [0.29, 0.717) is 0 Å². The van der Waals surface area contributed by atoms with E-state index in [1.807, 2.05) is 58.0 Å². The number of hydrogen-bond acceptors (Lipinski definition) is 3. The van der Waals surface area contributed by atoms with Gasteiger partial charge in [-0.15, -0.1) is 0 Å². The number of urea groups is 1. The molecule has 0 aliphatic rings. The van der Waals surface area contributed by atoms with Crippen LogP contribution < -0.4 is 15.5 Å². The van der Waals surface area contributed by atoms with Crippen molar-refractivity contribution in [2.24, 2.45) is 5.92 Å². The zero-order chi connectivity index (χ0) is 16.2. The van der Waals surface area contributed by atoms with Crippen molar-refractivity contribution >= 4 is 17.4 Å². The number of aryl methyl sites for hydroxylation is 1. The molecular formula is C16H27N3O2. The van der Waals surface area contributed by atoms with Crippen LogP contribution in [0.3, 0.4) is 0 Å². The monoisotopic (exact) mass is 293 g/mol. The Morgan fingerprint density at radius 1 is 1.38 bits per heavy atom. The summed E-state index contributed by atoms with van der Waals surface area (Å²) in [6, 6.07) is 5.45. The van der Waals surface area contributed by atoms with Gasteiger partial charge in [0.1, 0.15) is 0 Å². The Kier molecular flexibility index (Phi) is 5.61. The summed E-state index contributed by atoms with van der Waals surface area (Å²) < 4.78 is 0. The summed E-state index contributed by atoms with van der Waals surface area (Å²) in [5.74, 6) is 0.0689. The second kappa shape index (κ2) is 6.80. The van der Waals surface area contributed by atoms with E-state index in [0.717, 1.165) is 16.9 Å². The fraction of sp³-hybridized carbons (Fsp3) is 0.562. The lowest BCUT2D eigenvalue weighted by Crippen LogP contribution is -2.45. The van der Waals surface area contributed by atoms with Gasteiger partial charge in [-0.3, -0.25) is 0 Å². The van der Waals surface area contributed by atoms with Crippen LogP contribution in [0.1, 0.15) is 26.3 Å².